The molecular weight excluding hydrogens is 535 g/mol. The van der Waals surface area contributed by atoms with Crippen molar-refractivity contribution in [3.8, 4) is 0 Å². The number of hydrazine groups is 1. The van der Waals surface area contributed by atoms with Crippen LogP contribution < -0.4 is 28.5 Å². The van der Waals surface area contributed by atoms with Crippen molar-refractivity contribution in [1.29, 1.82) is 5.41 Å². The lowest BCUT2D eigenvalue weighted by Crippen LogP contribution is -2.52. The molecule has 0 radical (unpaired) electrons. The van der Waals surface area contributed by atoms with Crippen LogP contribution in [0, 0.1) is 16.6 Å². The monoisotopic (exact) mass is 582 g/mol. The van der Waals surface area contributed by atoms with E-state index < -0.39 is 5.66 Å². The Hall–Kier alpha value is -3.67. The Morgan fingerprint density at radius 3 is 2.17 bits per heavy atom. The molecular formula is C31H47FN8O2. The predicted molar refractivity (Wildman–Crippen MR) is 166 cm³/mol. The van der Waals surface area contributed by atoms with E-state index in [1.54, 1.807) is 24.3 Å². The summed E-state index contributed by atoms with van der Waals surface area (Å²) in [6.07, 6.45) is 5.15. The first kappa shape index (κ1) is 34.5. The molecule has 0 saturated heterocycles. The van der Waals surface area contributed by atoms with Gasteiger partial charge in [0, 0.05) is 17.3 Å². The molecule has 1 atom stereocenters. The molecule has 2 amide bonds. The van der Waals surface area contributed by atoms with Crippen molar-refractivity contribution in [2.24, 2.45) is 33.6 Å². The first-order valence-corrected chi connectivity index (χ1v) is 14.2. The molecule has 1 fully saturated rings. The first-order chi connectivity index (χ1) is 19.8. The summed E-state index contributed by atoms with van der Waals surface area (Å²) in [5, 5.41) is 9.96. The van der Waals surface area contributed by atoms with Crippen LogP contribution >= 0.6 is 0 Å². The lowest BCUT2D eigenvalue weighted by Gasteiger charge is -2.47. The number of carbonyl (C=O) groups is 2. The fraction of sp³-hybridized carbons (Fsp3) is 0.484. The molecule has 0 spiro atoms. The zero-order valence-electron chi connectivity index (χ0n) is 25.2. The Kier molecular flexibility index (Phi) is 12.8. The fourth-order valence-corrected chi connectivity index (χ4v) is 5.23. The van der Waals surface area contributed by atoms with Gasteiger partial charge in [-0.3, -0.25) is 31.7 Å². The summed E-state index contributed by atoms with van der Waals surface area (Å²) in [4.78, 5) is 32.5. The minimum Gasteiger partial charge on any atom is -0.386 e. The molecule has 1 aliphatic carbocycles. The van der Waals surface area contributed by atoms with Gasteiger partial charge in [-0.1, -0.05) is 45.0 Å². The van der Waals surface area contributed by atoms with Crippen molar-refractivity contribution in [1.82, 2.24) is 10.2 Å². The molecule has 10 N–H and O–H groups in total. The minimum atomic E-state index is -0.809. The number of amides is 2. The van der Waals surface area contributed by atoms with Crippen molar-refractivity contribution < 1.29 is 14.0 Å². The van der Waals surface area contributed by atoms with Gasteiger partial charge in [-0.25, -0.2) is 4.39 Å². The molecule has 0 bridgehead atoms. The third-order valence-electron chi connectivity index (χ3n) is 7.56. The number of aliphatic imine (C=N–C) groups is 1. The van der Waals surface area contributed by atoms with Crippen LogP contribution in [0.25, 0.3) is 0 Å². The zero-order chi connectivity index (χ0) is 31.5. The molecule has 2 aromatic rings. The number of amidine groups is 1. The van der Waals surface area contributed by atoms with Gasteiger partial charge in [0.25, 0.3) is 5.91 Å². The highest BCUT2D eigenvalue weighted by molar-refractivity contribution is 5.99. The average molecular weight is 583 g/mol. The van der Waals surface area contributed by atoms with E-state index >= 15 is 0 Å². The molecule has 230 valence electrons. The largest absolute Gasteiger partial charge is 0.386 e. The van der Waals surface area contributed by atoms with Crippen LogP contribution in [0.2, 0.25) is 0 Å². The maximum Gasteiger partial charge on any atom is 0.251 e. The van der Waals surface area contributed by atoms with Crippen LogP contribution in [-0.4, -0.2) is 47.0 Å². The van der Waals surface area contributed by atoms with E-state index in [1.807, 2.05) is 24.0 Å². The lowest BCUT2D eigenvalue weighted by atomic mass is 9.81. The maximum atomic E-state index is 13.6. The molecule has 0 aromatic heterocycles. The van der Waals surface area contributed by atoms with Crippen LogP contribution in [-0.2, 0) is 4.79 Å². The van der Waals surface area contributed by atoms with Crippen molar-refractivity contribution in [2.45, 2.75) is 84.0 Å². The van der Waals surface area contributed by atoms with Gasteiger partial charge in [0.2, 0.25) is 6.41 Å². The van der Waals surface area contributed by atoms with Gasteiger partial charge in [-0.15, -0.1) is 0 Å². The normalized spacial score (nSPS) is 19.6. The van der Waals surface area contributed by atoms with E-state index in [4.69, 9.17) is 21.9 Å². The maximum absolute atomic E-state index is 13.6. The molecule has 1 unspecified atom stereocenters. The third kappa shape index (κ3) is 9.71. The second kappa shape index (κ2) is 15.5. The number of nitrogens with one attached hydrogen (secondary N) is 2. The highest BCUT2D eigenvalue weighted by atomic mass is 19.1. The first-order valence-electron chi connectivity index (χ1n) is 14.2. The summed E-state index contributed by atoms with van der Waals surface area (Å²) in [6, 6.07) is 13.2. The van der Waals surface area contributed by atoms with Crippen molar-refractivity contribution in [3.05, 3.63) is 71.0 Å². The molecule has 1 aliphatic rings. The number of nitrogens with zero attached hydrogens (tertiary/aromatic N) is 2. The molecule has 1 saturated carbocycles. The molecule has 11 heteroatoms. The zero-order valence-corrected chi connectivity index (χ0v) is 25.2. The van der Waals surface area contributed by atoms with Crippen LogP contribution in [0.4, 0.5) is 4.39 Å². The standard InChI is InChI=1S/C31H43FN6O2.H4N2/c1-21(22-9-11-25(32)12-10-22)37-31(17-13-26(33)14-18-31)38(20-39)27(15-16-30(2,3)4)23-5-7-24(8-6-23)29(40)36-19-28(34)35;1-2/h5-12,20,26-27H,13-19,33H2,1-4H3,(H3,34,35)(H,36,40);1-2H2/b37-21+;. The Morgan fingerprint density at radius 1 is 1.12 bits per heavy atom. The number of benzene rings is 2. The van der Waals surface area contributed by atoms with E-state index in [0.717, 1.165) is 42.5 Å². The molecule has 42 heavy (non-hydrogen) atoms. The summed E-state index contributed by atoms with van der Waals surface area (Å²) in [6.45, 7) is 8.38. The van der Waals surface area contributed by atoms with Gasteiger partial charge in [-0.05, 0) is 86.3 Å². The Labute approximate surface area is 248 Å². The van der Waals surface area contributed by atoms with E-state index in [-0.39, 0.29) is 41.6 Å². The van der Waals surface area contributed by atoms with Crippen LogP contribution in [0.15, 0.2) is 53.5 Å². The van der Waals surface area contributed by atoms with E-state index in [1.165, 1.54) is 12.1 Å². The molecule has 0 heterocycles. The van der Waals surface area contributed by atoms with E-state index in [9.17, 15) is 14.0 Å². The Morgan fingerprint density at radius 2 is 1.67 bits per heavy atom. The summed E-state index contributed by atoms with van der Waals surface area (Å²) in [5.41, 5.74) is 13.8. The summed E-state index contributed by atoms with van der Waals surface area (Å²) >= 11 is 0. The second-order valence-electron chi connectivity index (χ2n) is 12.0. The molecule has 3 rings (SSSR count). The van der Waals surface area contributed by atoms with Crippen LogP contribution in [0.5, 0.6) is 0 Å². The molecule has 2 aromatic carbocycles. The van der Waals surface area contributed by atoms with Gasteiger partial charge in [-0.2, -0.15) is 0 Å². The van der Waals surface area contributed by atoms with E-state index in [2.05, 4.69) is 37.8 Å². The van der Waals surface area contributed by atoms with Gasteiger partial charge >= 0.3 is 0 Å². The van der Waals surface area contributed by atoms with Gasteiger partial charge in [0.05, 0.1) is 12.6 Å². The van der Waals surface area contributed by atoms with Crippen LogP contribution in [0.3, 0.4) is 0 Å². The van der Waals surface area contributed by atoms with Crippen LogP contribution in [0.1, 0.15) is 93.7 Å². The number of hydrogen-bond donors (Lipinski definition) is 6. The number of hydrogen-bond acceptors (Lipinski definition) is 7. The number of halogens is 1. The van der Waals surface area contributed by atoms with Crippen molar-refractivity contribution in [2.75, 3.05) is 6.54 Å². The molecule has 10 nitrogen and oxygen atoms in total. The second-order valence-corrected chi connectivity index (χ2v) is 12.0. The third-order valence-corrected chi connectivity index (χ3v) is 7.56. The summed E-state index contributed by atoms with van der Waals surface area (Å²) in [7, 11) is 0. The molecule has 0 aliphatic heterocycles. The number of rotatable bonds is 11. The smallest absolute Gasteiger partial charge is 0.251 e. The quantitative estimate of drug-likeness (QED) is 0.0769. The van der Waals surface area contributed by atoms with Crippen molar-refractivity contribution in [3.63, 3.8) is 0 Å². The SMILES string of the molecule is C/C(=N\C1(N(C=O)C(CCC(C)(C)C)c2ccc(C(=O)NCC(=N)N)cc2)CCC(N)CC1)c1ccc(F)cc1.NN. The highest BCUT2D eigenvalue weighted by Crippen LogP contribution is 2.42. The predicted octanol–water partition coefficient (Wildman–Crippen LogP) is 3.74. The summed E-state index contributed by atoms with van der Waals surface area (Å²) in [5.74, 6) is 7.24. The Balaban J connectivity index is 0.00000301. The van der Waals surface area contributed by atoms with Gasteiger partial charge < -0.3 is 21.7 Å². The average Bonchev–Trinajstić information content (AvgIpc) is 2.96. The number of nitrogens with two attached hydrogens (primary N) is 4. The Bertz CT molecular complexity index is 1200. The van der Waals surface area contributed by atoms with E-state index in [0.29, 0.717) is 24.8 Å². The fourth-order valence-electron chi connectivity index (χ4n) is 5.23. The number of carbonyl (C=O) groups excluding carboxylic acids is 2. The topological polar surface area (TPSA) is 190 Å². The minimum absolute atomic E-state index is 0.0240. The van der Waals surface area contributed by atoms with Crippen molar-refractivity contribution >= 4 is 23.9 Å². The summed E-state index contributed by atoms with van der Waals surface area (Å²) < 4.78 is 13.6. The highest BCUT2D eigenvalue weighted by Gasteiger charge is 2.43. The van der Waals surface area contributed by atoms with Gasteiger partial charge in [0.1, 0.15) is 17.3 Å². The lowest BCUT2D eigenvalue weighted by molar-refractivity contribution is -0.129. The van der Waals surface area contributed by atoms with Gasteiger partial charge in [0.15, 0.2) is 0 Å².